The summed E-state index contributed by atoms with van der Waals surface area (Å²) >= 11 is 3.68. The molecular formula is C21H31BrN2O6. The number of methoxy groups -OCH3 is 2. The Morgan fingerprint density at radius 3 is 2.00 bits per heavy atom. The van der Waals surface area contributed by atoms with Gasteiger partial charge in [-0.1, -0.05) is 22.4 Å². The number of ether oxygens (including phenoxy) is 2. The van der Waals surface area contributed by atoms with Gasteiger partial charge in [-0.25, -0.2) is 9.59 Å². The second-order valence-corrected chi connectivity index (χ2v) is 8.37. The van der Waals surface area contributed by atoms with Crippen molar-refractivity contribution in [2.45, 2.75) is 44.7 Å². The third-order valence-electron chi connectivity index (χ3n) is 5.59. The molecule has 1 aromatic carbocycles. The lowest BCUT2D eigenvalue weighted by molar-refractivity contribution is -0.159. The van der Waals surface area contributed by atoms with Gasteiger partial charge in [0.15, 0.2) is 11.5 Å². The molecule has 2 fully saturated rings. The van der Waals surface area contributed by atoms with Crippen LogP contribution in [0.4, 0.5) is 0 Å². The summed E-state index contributed by atoms with van der Waals surface area (Å²) in [5.74, 6) is -2.07. The van der Waals surface area contributed by atoms with Crippen LogP contribution in [0.25, 0.3) is 0 Å². The van der Waals surface area contributed by atoms with Gasteiger partial charge < -0.3 is 24.6 Å². The van der Waals surface area contributed by atoms with Crippen molar-refractivity contribution < 1.29 is 29.3 Å². The van der Waals surface area contributed by atoms with Gasteiger partial charge in [-0.2, -0.15) is 0 Å². The van der Waals surface area contributed by atoms with Crippen LogP contribution in [0.15, 0.2) is 16.6 Å². The maximum atomic E-state index is 9.10. The fourth-order valence-corrected chi connectivity index (χ4v) is 4.43. The third-order valence-corrected chi connectivity index (χ3v) is 6.33. The predicted octanol–water partition coefficient (Wildman–Crippen LogP) is 3.07. The zero-order valence-electron chi connectivity index (χ0n) is 17.6. The number of nitrogens with zero attached hydrogens (tertiary/aromatic N) is 2. The van der Waals surface area contributed by atoms with Crippen molar-refractivity contribution in [3.05, 3.63) is 22.2 Å². The molecule has 2 saturated heterocycles. The number of piperidine rings is 2. The van der Waals surface area contributed by atoms with E-state index in [1.807, 2.05) is 6.07 Å². The van der Waals surface area contributed by atoms with Crippen LogP contribution in [0, 0.1) is 0 Å². The van der Waals surface area contributed by atoms with Crippen molar-refractivity contribution in [3.8, 4) is 11.5 Å². The van der Waals surface area contributed by atoms with E-state index in [2.05, 4.69) is 31.8 Å². The molecule has 0 aromatic heterocycles. The zero-order chi connectivity index (χ0) is 22.1. The van der Waals surface area contributed by atoms with Gasteiger partial charge in [0.1, 0.15) is 0 Å². The molecule has 2 aliphatic rings. The second-order valence-electron chi connectivity index (χ2n) is 7.51. The first-order chi connectivity index (χ1) is 14.3. The molecule has 0 saturated carbocycles. The largest absolute Gasteiger partial charge is 0.493 e. The molecule has 2 N–H and O–H groups in total. The Hall–Kier alpha value is -1.84. The van der Waals surface area contributed by atoms with E-state index >= 15 is 0 Å². The molecule has 3 rings (SSSR count). The van der Waals surface area contributed by atoms with E-state index in [0.29, 0.717) is 0 Å². The SMILES string of the molecule is COc1cc(Br)c(CN2CCC(N3CCCCC3)CC2)cc1OC.O=C(O)C(=O)O. The monoisotopic (exact) mass is 486 g/mol. The number of carboxylic acid groups (broad SMARTS) is 2. The number of rotatable bonds is 5. The van der Waals surface area contributed by atoms with Crippen molar-refractivity contribution >= 4 is 27.9 Å². The molecular weight excluding hydrogens is 456 g/mol. The van der Waals surface area contributed by atoms with Crippen LogP contribution in [0.2, 0.25) is 0 Å². The van der Waals surface area contributed by atoms with E-state index in [-0.39, 0.29) is 0 Å². The summed E-state index contributed by atoms with van der Waals surface area (Å²) in [7, 11) is 3.37. The molecule has 0 aliphatic carbocycles. The summed E-state index contributed by atoms with van der Waals surface area (Å²) in [6, 6.07) is 4.91. The minimum absolute atomic E-state index is 0.775. The van der Waals surface area contributed by atoms with E-state index in [0.717, 1.165) is 28.6 Å². The highest BCUT2D eigenvalue weighted by Gasteiger charge is 2.26. The number of likely N-dealkylation sites (tertiary alicyclic amines) is 2. The van der Waals surface area contributed by atoms with Gasteiger partial charge in [-0.3, -0.25) is 4.90 Å². The molecule has 30 heavy (non-hydrogen) atoms. The Balaban J connectivity index is 0.000000469. The molecule has 0 radical (unpaired) electrons. The number of carboxylic acids is 2. The van der Waals surface area contributed by atoms with E-state index in [1.165, 1.54) is 63.8 Å². The number of carbonyl (C=O) groups is 2. The Kier molecular flexibility index (Phi) is 9.87. The maximum Gasteiger partial charge on any atom is 0.414 e. The molecule has 1 aromatic rings. The molecule has 0 unspecified atom stereocenters. The van der Waals surface area contributed by atoms with E-state index < -0.39 is 11.9 Å². The molecule has 2 aliphatic heterocycles. The smallest absolute Gasteiger partial charge is 0.414 e. The van der Waals surface area contributed by atoms with Crippen molar-refractivity contribution in [3.63, 3.8) is 0 Å². The van der Waals surface area contributed by atoms with Crippen LogP contribution in [0.1, 0.15) is 37.7 Å². The Morgan fingerprint density at radius 1 is 0.967 bits per heavy atom. The van der Waals surface area contributed by atoms with Gasteiger partial charge in [0, 0.05) is 17.1 Å². The minimum atomic E-state index is -1.82. The highest BCUT2D eigenvalue weighted by Crippen LogP contribution is 2.34. The first kappa shape index (κ1) is 24.4. The molecule has 9 heteroatoms. The summed E-state index contributed by atoms with van der Waals surface area (Å²) in [6.45, 7) is 5.95. The lowest BCUT2D eigenvalue weighted by Gasteiger charge is -2.40. The van der Waals surface area contributed by atoms with Crippen molar-refractivity contribution in [1.29, 1.82) is 0 Å². The van der Waals surface area contributed by atoms with Gasteiger partial charge in [0.2, 0.25) is 0 Å². The van der Waals surface area contributed by atoms with Crippen LogP contribution >= 0.6 is 15.9 Å². The third kappa shape index (κ3) is 7.14. The van der Waals surface area contributed by atoms with Crippen molar-refractivity contribution in [2.24, 2.45) is 0 Å². The van der Waals surface area contributed by atoms with E-state index in [9.17, 15) is 0 Å². The van der Waals surface area contributed by atoms with Crippen LogP contribution in [0.5, 0.6) is 11.5 Å². The highest BCUT2D eigenvalue weighted by atomic mass is 79.9. The van der Waals surface area contributed by atoms with Crippen LogP contribution in [-0.2, 0) is 16.1 Å². The normalized spacial score (nSPS) is 18.2. The Labute approximate surface area is 185 Å². The molecule has 0 spiro atoms. The van der Waals surface area contributed by atoms with E-state index in [4.69, 9.17) is 29.3 Å². The van der Waals surface area contributed by atoms with Gasteiger partial charge in [0.05, 0.1) is 14.2 Å². The zero-order valence-corrected chi connectivity index (χ0v) is 19.2. The lowest BCUT2D eigenvalue weighted by Crippen LogP contribution is -2.46. The molecule has 0 amide bonds. The fraction of sp³-hybridized carbons (Fsp3) is 0.619. The Morgan fingerprint density at radius 2 is 1.50 bits per heavy atom. The van der Waals surface area contributed by atoms with Crippen molar-refractivity contribution in [1.82, 2.24) is 9.80 Å². The van der Waals surface area contributed by atoms with Crippen LogP contribution in [0.3, 0.4) is 0 Å². The van der Waals surface area contributed by atoms with Gasteiger partial charge in [-0.15, -0.1) is 0 Å². The van der Waals surface area contributed by atoms with Gasteiger partial charge in [-0.05, 0) is 69.6 Å². The average Bonchev–Trinajstić information content (AvgIpc) is 2.76. The summed E-state index contributed by atoms with van der Waals surface area (Å²) in [5.41, 5.74) is 1.27. The van der Waals surface area contributed by atoms with Crippen LogP contribution < -0.4 is 9.47 Å². The van der Waals surface area contributed by atoms with Crippen molar-refractivity contribution in [2.75, 3.05) is 40.4 Å². The highest BCUT2D eigenvalue weighted by molar-refractivity contribution is 9.10. The standard InChI is InChI=1S/C19H29BrN2O2.C2H2O4/c1-23-18-12-15(17(20)13-19(18)24-2)14-21-10-6-16(7-11-21)22-8-4-3-5-9-22;3-1(4)2(5)6/h12-13,16H,3-11,14H2,1-2H3;(H,3,4)(H,5,6). The molecule has 0 atom stereocenters. The van der Waals surface area contributed by atoms with Gasteiger partial charge in [0.25, 0.3) is 0 Å². The first-order valence-corrected chi connectivity index (χ1v) is 11.0. The minimum Gasteiger partial charge on any atom is -0.493 e. The molecule has 2 heterocycles. The molecule has 168 valence electrons. The predicted molar refractivity (Wildman–Crippen MR) is 116 cm³/mol. The topological polar surface area (TPSA) is 99.5 Å². The molecule has 0 bridgehead atoms. The van der Waals surface area contributed by atoms with Gasteiger partial charge >= 0.3 is 11.9 Å². The fourth-order valence-electron chi connectivity index (χ4n) is 3.98. The number of halogens is 1. The first-order valence-electron chi connectivity index (χ1n) is 10.2. The summed E-state index contributed by atoms with van der Waals surface area (Å²) < 4.78 is 11.9. The Bertz CT molecular complexity index is 704. The summed E-state index contributed by atoms with van der Waals surface area (Å²) in [6.07, 6.45) is 6.79. The average molecular weight is 487 g/mol. The molecule has 8 nitrogen and oxygen atoms in total. The lowest BCUT2D eigenvalue weighted by atomic mass is 9.99. The number of hydrogen-bond donors (Lipinski definition) is 2. The second kappa shape index (κ2) is 12.1. The number of aliphatic carboxylic acids is 2. The maximum absolute atomic E-state index is 9.10. The summed E-state index contributed by atoms with van der Waals surface area (Å²) in [4.78, 5) is 23.5. The summed E-state index contributed by atoms with van der Waals surface area (Å²) in [5, 5.41) is 14.8. The quantitative estimate of drug-likeness (QED) is 0.612. The number of hydrogen-bond acceptors (Lipinski definition) is 6. The number of benzene rings is 1. The van der Waals surface area contributed by atoms with E-state index in [1.54, 1.807) is 14.2 Å². The van der Waals surface area contributed by atoms with Crippen LogP contribution in [-0.4, -0.2) is 78.4 Å².